The molecule has 4 heteroatoms. The number of rotatable bonds is 4. The van der Waals surface area contributed by atoms with Crippen LogP contribution in [0, 0.1) is 0 Å². The highest BCUT2D eigenvalue weighted by molar-refractivity contribution is 6.08. The molecule has 3 rings (SSSR count). The summed E-state index contributed by atoms with van der Waals surface area (Å²) in [7, 11) is 1.58. The number of ether oxygens (including phenoxy) is 1. The Balaban J connectivity index is 2.03. The van der Waals surface area contributed by atoms with E-state index in [2.05, 4.69) is 5.32 Å². The summed E-state index contributed by atoms with van der Waals surface area (Å²) < 4.78 is 11.2. The Morgan fingerprint density at radius 1 is 1.13 bits per heavy atom. The van der Waals surface area contributed by atoms with Crippen molar-refractivity contribution in [3.63, 3.8) is 0 Å². The van der Waals surface area contributed by atoms with Gasteiger partial charge in [0, 0.05) is 22.9 Å². The minimum Gasteiger partial charge on any atom is -0.495 e. The molecule has 0 saturated carbocycles. The number of hydrogen-bond acceptors (Lipinski definition) is 3. The first-order chi connectivity index (χ1) is 11.2. The van der Waals surface area contributed by atoms with E-state index in [-0.39, 0.29) is 5.91 Å². The Labute approximate surface area is 134 Å². The first kappa shape index (κ1) is 14.9. The van der Waals surface area contributed by atoms with Gasteiger partial charge in [-0.3, -0.25) is 4.79 Å². The molecule has 116 valence electrons. The van der Waals surface area contributed by atoms with E-state index in [4.69, 9.17) is 9.15 Å². The van der Waals surface area contributed by atoms with Gasteiger partial charge < -0.3 is 14.5 Å². The topological polar surface area (TPSA) is 51.5 Å². The summed E-state index contributed by atoms with van der Waals surface area (Å²) >= 11 is 0. The molecule has 1 N–H and O–H groups in total. The van der Waals surface area contributed by atoms with E-state index in [1.54, 1.807) is 25.3 Å². The van der Waals surface area contributed by atoms with Crippen molar-refractivity contribution in [2.75, 3.05) is 12.4 Å². The zero-order valence-electron chi connectivity index (χ0n) is 13.0. The van der Waals surface area contributed by atoms with E-state index in [1.165, 1.54) is 6.08 Å². The third-order valence-corrected chi connectivity index (χ3v) is 3.51. The quantitative estimate of drug-likeness (QED) is 0.563. The number of methoxy groups -OCH3 is 1. The van der Waals surface area contributed by atoms with E-state index in [9.17, 15) is 4.79 Å². The zero-order valence-corrected chi connectivity index (χ0v) is 13.0. The third-order valence-electron chi connectivity index (χ3n) is 3.51. The van der Waals surface area contributed by atoms with Gasteiger partial charge in [-0.25, -0.2) is 0 Å². The summed E-state index contributed by atoms with van der Waals surface area (Å²) in [5.74, 6) is 0.369. The van der Waals surface area contributed by atoms with Gasteiger partial charge in [-0.05, 0) is 19.1 Å². The van der Waals surface area contributed by atoms with Crippen molar-refractivity contribution in [2.45, 2.75) is 6.92 Å². The van der Waals surface area contributed by atoms with Crippen molar-refractivity contribution in [3.05, 3.63) is 60.7 Å². The van der Waals surface area contributed by atoms with Gasteiger partial charge >= 0.3 is 0 Å². The van der Waals surface area contributed by atoms with Crippen molar-refractivity contribution in [2.24, 2.45) is 0 Å². The van der Waals surface area contributed by atoms with Crippen molar-refractivity contribution in [3.8, 4) is 5.75 Å². The lowest BCUT2D eigenvalue weighted by molar-refractivity contribution is -0.111. The second-order valence-electron chi connectivity index (χ2n) is 5.02. The molecule has 23 heavy (non-hydrogen) atoms. The molecule has 1 amide bonds. The molecule has 0 spiro atoms. The second kappa shape index (κ2) is 6.40. The highest BCUT2D eigenvalue weighted by Gasteiger charge is 2.13. The predicted molar refractivity (Wildman–Crippen MR) is 92.9 cm³/mol. The van der Waals surface area contributed by atoms with Crippen LogP contribution in [0.2, 0.25) is 0 Å². The van der Waals surface area contributed by atoms with Gasteiger partial charge in [0.25, 0.3) is 0 Å². The van der Waals surface area contributed by atoms with Crippen molar-refractivity contribution >= 4 is 33.5 Å². The molecule has 0 aliphatic rings. The molecular formula is C19H17NO3. The molecular weight excluding hydrogens is 290 g/mol. The van der Waals surface area contributed by atoms with Gasteiger partial charge in [-0.2, -0.15) is 0 Å². The SMILES string of the molecule is C/C=C/C=C/C(=O)Nc1cc2oc3ccccc3c2cc1OC. The van der Waals surface area contributed by atoms with Gasteiger partial charge in [0.05, 0.1) is 12.8 Å². The minimum atomic E-state index is -0.225. The van der Waals surface area contributed by atoms with Crippen molar-refractivity contribution < 1.29 is 13.9 Å². The highest BCUT2D eigenvalue weighted by Crippen LogP contribution is 2.36. The Kier molecular flexibility index (Phi) is 4.15. The molecule has 2 aromatic carbocycles. The Morgan fingerprint density at radius 2 is 1.96 bits per heavy atom. The number of hydrogen-bond donors (Lipinski definition) is 1. The third kappa shape index (κ3) is 2.97. The van der Waals surface area contributed by atoms with E-state index in [1.807, 2.05) is 43.3 Å². The van der Waals surface area contributed by atoms with Crippen LogP contribution in [-0.2, 0) is 4.79 Å². The molecule has 0 unspecified atom stereocenters. The number of benzene rings is 2. The predicted octanol–water partition coefficient (Wildman–Crippen LogP) is 4.67. The number of allylic oxidation sites excluding steroid dienone is 3. The molecule has 0 radical (unpaired) electrons. The van der Waals surface area contributed by atoms with Crippen LogP contribution >= 0.6 is 0 Å². The fourth-order valence-electron chi connectivity index (χ4n) is 2.45. The number of anilines is 1. The fourth-order valence-corrected chi connectivity index (χ4v) is 2.45. The summed E-state index contributed by atoms with van der Waals surface area (Å²) in [6.07, 6.45) is 6.79. The summed E-state index contributed by atoms with van der Waals surface area (Å²) in [6.45, 7) is 1.89. The van der Waals surface area contributed by atoms with E-state index in [0.29, 0.717) is 17.0 Å². The van der Waals surface area contributed by atoms with Crippen LogP contribution in [0.4, 0.5) is 5.69 Å². The standard InChI is InChI=1S/C19H17NO3/c1-3-4-5-10-19(21)20-15-12-17-14(11-18(15)22-2)13-8-6-7-9-16(13)23-17/h3-12H,1-2H3,(H,20,21)/b4-3+,10-5+. The van der Waals surface area contributed by atoms with Gasteiger partial charge in [0.15, 0.2) is 0 Å². The Bertz CT molecular complexity index is 919. The largest absolute Gasteiger partial charge is 0.495 e. The van der Waals surface area contributed by atoms with E-state index < -0.39 is 0 Å². The summed E-state index contributed by atoms with van der Waals surface area (Å²) in [4.78, 5) is 11.9. The molecule has 0 aliphatic heterocycles. The first-order valence-electron chi connectivity index (χ1n) is 7.32. The minimum absolute atomic E-state index is 0.225. The Hall–Kier alpha value is -3.01. The molecule has 0 bridgehead atoms. The normalized spacial score (nSPS) is 11.7. The summed E-state index contributed by atoms with van der Waals surface area (Å²) in [6, 6.07) is 11.5. The van der Waals surface area contributed by atoms with Crippen molar-refractivity contribution in [1.82, 2.24) is 0 Å². The molecule has 0 atom stereocenters. The monoisotopic (exact) mass is 307 g/mol. The number of carbonyl (C=O) groups excluding carboxylic acids is 1. The molecule has 1 heterocycles. The van der Waals surface area contributed by atoms with Crippen LogP contribution in [0.5, 0.6) is 5.75 Å². The zero-order chi connectivity index (χ0) is 16.2. The van der Waals surface area contributed by atoms with Gasteiger partial charge in [-0.1, -0.05) is 36.4 Å². The first-order valence-corrected chi connectivity index (χ1v) is 7.32. The molecule has 0 fully saturated rings. The molecule has 1 aromatic heterocycles. The maximum Gasteiger partial charge on any atom is 0.248 e. The number of amides is 1. The van der Waals surface area contributed by atoms with Gasteiger partial charge in [0.2, 0.25) is 5.91 Å². The molecule has 0 aliphatic carbocycles. The number of carbonyl (C=O) groups is 1. The van der Waals surface area contributed by atoms with Crippen molar-refractivity contribution in [1.29, 1.82) is 0 Å². The Morgan fingerprint density at radius 3 is 2.74 bits per heavy atom. The number of nitrogens with one attached hydrogen (secondary N) is 1. The highest BCUT2D eigenvalue weighted by atomic mass is 16.5. The summed E-state index contributed by atoms with van der Waals surface area (Å²) in [5.41, 5.74) is 2.09. The van der Waals surface area contributed by atoms with Crippen LogP contribution in [0.1, 0.15) is 6.92 Å². The number of para-hydroxylation sites is 1. The van der Waals surface area contributed by atoms with Crippen LogP contribution in [0.25, 0.3) is 21.9 Å². The van der Waals surface area contributed by atoms with Crippen LogP contribution < -0.4 is 10.1 Å². The second-order valence-corrected chi connectivity index (χ2v) is 5.02. The summed E-state index contributed by atoms with van der Waals surface area (Å²) in [5, 5.41) is 4.79. The van der Waals surface area contributed by atoms with Gasteiger partial charge in [-0.15, -0.1) is 0 Å². The number of fused-ring (bicyclic) bond motifs is 3. The maximum atomic E-state index is 11.9. The average Bonchev–Trinajstić information content (AvgIpc) is 2.91. The van der Waals surface area contributed by atoms with E-state index in [0.717, 1.165) is 16.4 Å². The smallest absolute Gasteiger partial charge is 0.248 e. The molecule has 0 saturated heterocycles. The lowest BCUT2D eigenvalue weighted by Crippen LogP contribution is -2.08. The molecule has 4 nitrogen and oxygen atoms in total. The maximum absolute atomic E-state index is 11.9. The van der Waals surface area contributed by atoms with Crippen LogP contribution in [0.3, 0.4) is 0 Å². The lowest BCUT2D eigenvalue weighted by atomic mass is 10.1. The van der Waals surface area contributed by atoms with Crippen LogP contribution in [0.15, 0.2) is 65.1 Å². The lowest BCUT2D eigenvalue weighted by Gasteiger charge is -2.08. The van der Waals surface area contributed by atoms with Gasteiger partial charge in [0.1, 0.15) is 16.9 Å². The van der Waals surface area contributed by atoms with E-state index >= 15 is 0 Å². The fraction of sp³-hybridized carbons (Fsp3) is 0.105. The molecule has 3 aromatic rings. The average molecular weight is 307 g/mol. The number of furan rings is 1. The van der Waals surface area contributed by atoms with Crippen LogP contribution in [-0.4, -0.2) is 13.0 Å².